The second-order valence-electron chi connectivity index (χ2n) is 7.62. The standard InChI is InChI=1S/C28H30O4/c1-3-5-19-31-27(29)24-16-11-10-15-23(24)26-22(21-13-8-7-9-14-21)17-12-18-25(26)28(30)32-20-6-4-2/h7-18H,3-6,19-20H2,1-2H3. The van der Waals surface area contributed by atoms with Crippen LogP contribution in [0.4, 0.5) is 0 Å². The van der Waals surface area contributed by atoms with Gasteiger partial charge in [0.25, 0.3) is 0 Å². The van der Waals surface area contributed by atoms with Gasteiger partial charge in [-0.2, -0.15) is 0 Å². The highest BCUT2D eigenvalue weighted by atomic mass is 16.5. The average Bonchev–Trinajstić information content (AvgIpc) is 2.84. The van der Waals surface area contributed by atoms with Gasteiger partial charge in [-0.05, 0) is 41.7 Å². The van der Waals surface area contributed by atoms with Crippen LogP contribution in [0.1, 0.15) is 60.2 Å². The van der Waals surface area contributed by atoms with E-state index < -0.39 is 0 Å². The van der Waals surface area contributed by atoms with Gasteiger partial charge >= 0.3 is 11.9 Å². The summed E-state index contributed by atoms with van der Waals surface area (Å²) in [5.41, 5.74) is 4.05. The van der Waals surface area contributed by atoms with E-state index >= 15 is 0 Å². The van der Waals surface area contributed by atoms with E-state index in [9.17, 15) is 9.59 Å². The number of benzene rings is 3. The van der Waals surface area contributed by atoms with E-state index in [4.69, 9.17) is 9.47 Å². The Hall–Kier alpha value is -3.40. The lowest BCUT2D eigenvalue weighted by Gasteiger charge is -2.17. The number of hydrogen-bond acceptors (Lipinski definition) is 4. The van der Waals surface area contributed by atoms with Crippen LogP contribution in [-0.2, 0) is 9.47 Å². The molecule has 0 saturated carbocycles. The molecule has 0 unspecified atom stereocenters. The van der Waals surface area contributed by atoms with Gasteiger partial charge in [-0.15, -0.1) is 0 Å². The van der Waals surface area contributed by atoms with Crippen molar-refractivity contribution in [1.29, 1.82) is 0 Å². The van der Waals surface area contributed by atoms with E-state index in [1.165, 1.54) is 0 Å². The number of carbonyl (C=O) groups excluding carboxylic acids is 2. The second kappa shape index (κ2) is 11.8. The summed E-state index contributed by atoms with van der Waals surface area (Å²) in [7, 11) is 0. The summed E-state index contributed by atoms with van der Waals surface area (Å²) >= 11 is 0. The van der Waals surface area contributed by atoms with Crippen molar-refractivity contribution in [3.63, 3.8) is 0 Å². The van der Waals surface area contributed by atoms with Crippen molar-refractivity contribution in [3.8, 4) is 22.3 Å². The zero-order valence-corrected chi connectivity index (χ0v) is 18.8. The molecule has 4 heteroatoms. The Morgan fingerprint density at radius 1 is 0.625 bits per heavy atom. The van der Waals surface area contributed by atoms with Crippen LogP contribution in [0.2, 0.25) is 0 Å². The fourth-order valence-corrected chi connectivity index (χ4v) is 3.52. The fourth-order valence-electron chi connectivity index (χ4n) is 3.52. The highest BCUT2D eigenvalue weighted by Crippen LogP contribution is 2.37. The van der Waals surface area contributed by atoms with Crippen molar-refractivity contribution in [1.82, 2.24) is 0 Å². The molecule has 3 aromatic rings. The number of carbonyl (C=O) groups is 2. The molecule has 0 fully saturated rings. The molecule has 0 spiro atoms. The molecule has 3 aromatic carbocycles. The van der Waals surface area contributed by atoms with Crippen molar-refractivity contribution in [2.24, 2.45) is 0 Å². The molecule has 0 saturated heterocycles. The molecule has 0 N–H and O–H groups in total. The van der Waals surface area contributed by atoms with Crippen molar-refractivity contribution in [2.75, 3.05) is 13.2 Å². The Morgan fingerprint density at radius 2 is 1.16 bits per heavy atom. The number of unbranched alkanes of at least 4 members (excludes halogenated alkanes) is 2. The molecule has 0 heterocycles. The van der Waals surface area contributed by atoms with Gasteiger partial charge in [0.15, 0.2) is 0 Å². The molecule has 0 bridgehead atoms. The van der Waals surface area contributed by atoms with Gasteiger partial charge in [-0.3, -0.25) is 0 Å². The van der Waals surface area contributed by atoms with Crippen LogP contribution in [0, 0.1) is 0 Å². The Bertz CT molecular complexity index is 1040. The summed E-state index contributed by atoms with van der Waals surface area (Å²) < 4.78 is 11.0. The highest BCUT2D eigenvalue weighted by molar-refractivity contribution is 6.07. The third kappa shape index (κ3) is 5.64. The fraction of sp³-hybridized carbons (Fsp3) is 0.286. The predicted octanol–water partition coefficient (Wildman–Crippen LogP) is 6.93. The molecule has 0 aliphatic rings. The third-order valence-corrected chi connectivity index (χ3v) is 5.25. The van der Waals surface area contributed by atoms with Crippen LogP contribution >= 0.6 is 0 Å². The van der Waals surface area contributed by atoms with Crippen molar-refractivity contribution in [2.45, 2.75) is 39.5 Å². The van der Waals surface area contributed by atoms with Crippen molar-refractivity contribution < 1.29 is 19.1 Å². The molecule has 4 nitrogen and oxygen atoms in total. The number of hydrogen-bond donors (Lipinski definition) is 0. The molecule has 0 aliphatic carbocycles. The van der Waals surface area contributed by atoms with Crippen molar-refractivity contribution >= 4 is 11.9 Å². The lowest BCUT2D eigenvalue weighted by atomic mass is 9.88. The van der Waals surface area contributed by atoms with Crippen LogP contribution in [0.5, 0.6) is 0 Å². The SMILES string of the molecule is CCCCOC(=O)c1ccccc1-c1c(C(=O)OCCCC)cccc1-c1ccccc1. The number of ether oxygens (including phenoxy) is 2. The van der Waals surface area contributed by atoms with Crippen LogP contribution in [-0.4, -0.2) is 25.2 Å². The minimum absolute atomic E-state index is 0.366. The maximum Gasteiger partial charge on any atom is 0.338 e. The summed E-state index contributed by atoms with van der Waals surface area (Å²) in [5, 5.41) is 0. The molecule has 0 aliphatic heterocycles. The topological polar surface area (TPSA) is 52.6 Å². The monoisotopic (exact) mass is 430 g/mol. The Morgan fingerprint density at radius 3 is 1.81 bits per heavy atom. The summed E-state index contributed by atoms with van der Waals surface area (Å²) in [4.78, 5) is 26.0. The minimum Gasteiger partial charge on any atom is -0.462 e. The van der Waals surface area contributed by atoms with E-state index in [1.54, 1.807) is 12.1 Å². The largest absolute Gasteiger partial charge is 0.462 e. The highest BCUT2D eigenvalue weighted by Gasteiger charge is 2.23. The van der Waals surface area contributed by atoms with E-state index in [0.717, 1.165) is 36.8 Å². The molecular weight excluding hydrogens is 400 g/mol. The first kappa shape index (κ1) is 23.3. The molecule has 32 heavy (non-hydrogen) atoms. The molecular formula is C28H30O4. The van der Waals surface area contributed by atoms with E-state index in [-0.39, 0.29) is 11.9 Å². The first-order valence-electron chi connectivity index (χ1n) is 11.3. The third-order valence-electron chi connectivity index (χ3n) is 5.25. The summed E-state index contributed by atoms with van der Waals surface area (Å²) in [6, 6.07) is 22.7. The Kier molecular flexibility index (Phi) is 8.61. The molecule has 0 atom stereocenters. The molecule has 0 amide bonds. The lowest BCUT2D eigenvalue weighted by Crippen LogP contribution is -2.12. The lowest BCUT2D eigenvalue weighted by molar-refractivity contribution is 0.0488. The quantitative estimate of drug-likeness (QED) is 0.258. The molecule has 0 radical (unpaired) electrons. The van der Waals surface area contributed by atoms with Crippen LogP contribution in [0.15, 0.2) is 72.8 Å². The van der Waals surface area contributed by atoms with Crippen LogP contribution < -0.4 is 0 Å². The second-order valence-corrected chi connectivity index (χ2v) is 7.62. The molecule has 166 valence electrons. The van der Waals surface area contributed by atoms with Crippen LogP contribution in [0.25, 0.3) is 22.3 Å². The Balaban J connectivity index is 2.14. The molecule has 3 rings (SSSR count). The Labute approximate surface area is 190 Å². The van der Waals surface area contributed by atoms with Gasteiger partial charge in [0, 0.05) is 5.56 Å². The molecule has 0 aromatic heterocycles. The first-order valence-corrected chi connectivity index (χ1v) is 11.3. The van der Waals surface area contributed by atoms with E-state index in [0.29, 0.717) is 35.5 Å². The van der Waals surface area contributed by atoms with Gasteiger partial charge in [0.05, 0.1) is 24.3 Å². The van der Waals surface area contributed by atoms with Crippen LogP contribution in [0.3, 0.4) is 0 Å². The summed E-state index contributed by atoms with van der Waals surface area (Å²) in [6.07, 6.45) is 3.50. The smallest absolute Gasteiger partial charge is 0.338 e. The zero-order chi connectivity index (χ0) is 22.8. The maximum absolute atomic E-state index is 13.1. The normalized spacial score (nSPS) is 10.6. The maximum atomic E-state index is 13.1. The van der Waals surface area contributed by atoms with Gasteiger partial charge in [0.1, 0.15) is 0 Å². The first-order chi connectivity index (χ1) is 15.7. The number of rotatable bonds is 10. The van der Waals surface area contributed by atoms with E-state index in [1.807, 2.05) is 67.6 Å². The number of esters is 2. The van der Waals surface area contributed by atoms with Gasteiger partial charge in [-0.25, -0.2) is 9.59 Å². The summed E-state index contributed by atoms with van der Waals surface area (Å²) in [6.45, 7) is 4.84. The summed E-state index contributed by atoms with van der Waals surface area (Å²) in [5.74, 6) is -0.775. The van der Waals surface area contributed by atoms with Gasteiger partial charge in [0.2, 0.25) is 0 Å². The van der Waals surface area contributed by atoms with E-state index in [2.05, 4.69) is 6.92 Å². The van der Waals surface area contributed by atoms with Gasteiger partial charge in [-0.1, -0.05) is 87.4 Å². The predicted molar refractivity (Wildman–Crippen MR) is 128 cm³/mol. The minimum atomic E-state index is -0.389. The van der Waals surface area contributed by atoms with Gasteiger partial charge < -0.3 is 9.47 Å². The zero-order valence-electron chi connectivity index (χ0n) is 18.8. The van der Waals surface area contributed by atoms with Crippen molar-refractivity contribution in [3.05, 3.63) is 83.9 Å². The average molecular weight is 431 g/mol.